The van der Waals surface area contributed by atoms with Gasteiger partial charge in [0.25, 0.3) is 0 Å². The van der Waals surface area contributed by atoms with Gasteiger partial charge in [-0.2, -0.15) is 0 Å². The predicted octanol–water partition coefficient (Wildman–Crippen LogP) is 5.37. The number of halogens is 1. The van der Waals surface area contributed by atoms with E-state index in [4.69, 9.17) is 16.3 Å². The number of hydrogen-bond acceptors (Lipinski definition) is 5. The first-order valence-electron chi connectivity index (χ1n) is 14.5. The van der Waals surface area contributed by atoms with Crippen LogP contribution in [0.4, 0.5) is 4.79 Å². The van der Waals surface area contributed by atoms with Gasteiger partial charge in [0.2, 0.25) is 11.8 Å². The molecule has 3 atom stereocenters. The number of benzene rings is 2. The summed E-state index contributed by atoms with van der Waals surface area (Å²) in [6.07, 6.45) is 4.42. The fraction of sp³-hybridized carbons (Fsp3) is 0.500. The van der Waals surface area contributed by atoms with Crippen LogP contribution in [-0.4, -0.2) is 47.7 Å². The Labute approximate surface area is 247 Å². The first-order valence-corrected chi connectivity index (χ1v) is 14.9. The second-order valence-corrected chi connectivity index (χ2v) is 12.0. The first kappa shape index (κ1) is 30.6. The quantitative estimate of drug-likeness (QED) is 0.328. The molecule has 2 fully saturated rings. The average molecular weight is 582 g/mol. The number of nitrogens with zero attached hydrogens (tertiary/aromatic N) is 1. The standard InChI is InChI=1S/C32H40ClN3O5/c1-22(2)17-28(30(39)35-27(21-37)18-24-13-16-34-29(24)38)36(20-23-9-4-3-5-10-23)31(40)41-32(14-6-7-15-32)25-11-8-12-26(33)19-25/h3-5,8-12,19,21-22,24,27-28H,6-7,13-18,20H2,1-2H3,(H,34,38)(H,35,39). The summed E-state index contributed by atoms with van der Waals surface area (Å²) in [4.78, 5) is 53.5. The van der Waals surface area contributed by atoms with Gasteiger partial charge in [-0.15, -0.1) is 0 Å². The lowest BCUT2D eigenvalue weighted by molar-refractivity contribution is -0.130. The van der Waals surface area contributed by atoms with Crippen LogP contribution in [0.5, 0.6) is 0 Å². The van der Waals surface area contributed by atoms with Crippen LogP contribution in [0.3, 0.4) is 0 Å². The maximum atomic E-state index is 14.1. The Hall–Kier alpha value is -3.39. The number of ether oxygens (including phenoxy) is 1. The van der Waals surface area contributed by atoms with Crippen molar-refractivity contribution in [3.8, 4) is 0 Å². The molecule has 1 aliphatic heterocycles. The van der Waals surface area contributed by atoms with Crippen molar-refractivity contribution in [3.63, 3.8) is 0 Å². The highest BCUT2D eigenvalue weighted by Gasteiger charge is 2.43. The fourth-order valence-corrected chi connectivity index (χ4v) is 6.09. The molecule has 4 rings (SSSR count). The molecule has 220 valence electrons. The molecule has 1 heterocycles. The van der Waals surface area contributed by atoms with Gasteiger partial charge in [0, 0.05) is 24.0 Å². The molecule has 2 aliphatic rings. The van der Waals surface area contributed by atoms with Crippen LogP contribution in [-0.2, 0) is 31.3 Å². The van der Waals surface area contributed by atoms with Crippen LogP contribution in [0.2, 0.25) is 5.02 Å². The van der Waals surface area contributed by atoms with Gasteiger partial charge in [-0.3, -0.25) is 14.5 Å². The fourth-order valence-electron chi connectivity index (χ4n) is 5.90. The average Bonchev–Trinajstić information content (AvgIpc) is 3.60. The summed E-state index contributed by atoms with van der Waals surface area (Å²) < 4.78 is 6.37. The zero-order valence-corrected chi connectivity index (χ0v) is 24.6. The third-order valence-corrected chi connectivity index (χ3v) is 8.28. The lowest BCUT2D eigenvalue weighted by Gasteiger charge is -2.37. The van der Waals surface area contributed by atoms with Gasteiger partial charge in [-0.1, -0.05) is 67.9 Å². The van der Waals surface area contributed by atoms with Crippen molar-refractivity contribution in [1.82, 2.24) is 15.5 Å². The second kappa shape index (κ2) is 14.0. The third kappa shape index (κ3) is 7.88. The summed E-state index contributed by atoms with van der Waals surface area (Å²) in [5.41, 5.74) is 0.858. The van der Waals surface area contributed by atoms with Crippen LogP contribution >= 0.6 is 11.6 Å². The lowest BCUT2D eigenvalue weighted by atomic mass is 9.92. The Morgan fingerprint density at radius 3 is 2.49 bits per heavy atom. The number of hydrogen-bond donors (Lipinski definition) is 2. The Morgan fingerprint density at radius 2 is 1.88 bits per heavy atom. The monoisotopic (exact) mass is 581 g/mol. The number of carbonyl (C=O) groups is 4. The topological polar surface area (TPSA) is 105 Å². The predicted molar refractivity (Wildman–Crippen MR) is 157 cm³/mol. The van der Waals surface area contributed by atoms with Crippen LogP contribution in [0, 0.1) is 11.8 Å². The molecule has 8 nitrogen and oxygen atoms in total. The molecule has 9 heteroatoms. The van der Waals surface area contributed by atoms with Gasteiger partial charge in [0.1, 0.15) is 17.9 Å². The van der Waals surface area contributed by atoms with Crippen molar-refractivity contribution >= 4 is 35.8 Å². The molecular formula is C32H40ClN3O5. The molecule has 1 saturated carbocycles. The zero-order chi connectivity index (χ0) is 29.4. The van der Waals surface area contributed by atoms with Crippen molar-refractivity contribution in [2.45, 2.75) is 83.0 Å². The Balaban J connectivity index is 1.62. The molecule has 1 aliphatic carbocycles. The number of aldehydes is 1. The molecule has 41 heavy (non-hydrogen) atoms. The van der Waals surface area contributed by atoms with Gasteiger partial charge < -0.3 is 20.2 Å². The van der Waals surface area contributed by atoms with Gasteiger partial charge in [-0.05, 0) is 74.1 Å². The first-order chi connectivity index (χ1) is 19.7. The molecule has 2 N–H and O–H groups in total. The minimum atomic E-state index is -0.889. The van der Waals surface area contributed by atoms with E-state index in [1.165, 1.54) is 4.90 Å². The van der Waals surface area contributed by atoms with Crippen molar-refractivity contribution < 1.29 is 23.9 Å². The molecule has 3 unspecified atom stereocenters. The summed E-state index contributed by atoms with van der Waals surface area (Å²) >= 11 is 6.32. The summed E-state index contributed by atoms with van der Waals surface area (Å²) in [6, 6.07) is 15.2. The van der Waals surface area contributed by atoms with Crippen LogP contribution in [0.15, 0.2) is 54.6 Å². The molecule has 0 spiro atoms. The highest BCUT2D eigenvalue weighted by molar-refractivity contribution is 6.30. The van der Waals surface area contributed by atoms with Crippen LogP contribution in [0.1, 0.15) is 69.9 Å². The highest BCUT2D eigenvalue weighted by atomic mass is 35.5. The van der Waals surface area contributed by atoms with Gasteiger partial charge in [-0.25, -0.2) is 4.79 Å². The molecule has 0 aromatic heterocycles. The van der Waals surface area contributed by atoms with Crippen LogP contribution < -0.4 is 10.6 Å². The number of nitrogens with one attached hydrogen (secondary N) is 2. The largest absolute Gasteiger partial charge is 0.438 e. The maximum absolute atomic E-state index is 14.1. The lowest BCUT2D eigenvalue weighted by Crippen LogP contribution is -2.53. The van der Waals surface area contributed by atoms with Crippen molar-refractivity contribution in [2.24, 2.45) is 11.8 Å². The van der Waals surface area contributed by atoms with Gasteiger partial charge in [0.05, 0.1) is 6.04 Å². The maximum Gasteiger partial charge on any atom is 0.411 e. The van der Waals surface area contributed by atoms with Crippen molar-refractivity contribution in [1.29, 1.82) is 0 Å². The Bertz CT molecular complexity index is 1210. The van der Waals surface area contributed by atoms with E-state index in [9.17, 15) is 19.2 Å². The molecule has 0 radical (unpaired) electrons. The van der Waals surface area contributed by atoms with Crippen molar-refractivity contribution in [2.75, 3.05) is 6.54 Å². The summed E-state index contributed by atoms with van der Waals surface area (Å²) in [7, 11) is 0. The van der Waals surface area contributed by atoms with E-state index in [1.54, 1.807) is 6.07 Å². The third-order valence-electron chi connectivity index (χ3n) is 8.04. The van der Waals surface area contributed by atoms with E-state index in [0.717, 1.165) is 24.0 Å². The molecule has 3 amide bonds. The summed E-state index contributed by atoms with van der Waals surface area (Å²) in [5.74, 6) is -0.813. The molecule has 2 aromatic rings. The van der Waals surface area contributed by atoms with E-state index in [2.05, 4.69) is 10.6 Å². The Kier molecular flexibility index (Phi) is 10.4. The normalized spacial score (nSPS) is 19.3. The number of amides is 3. The second-order valence-electron chi connectivity index (χ2n) is 11.6. The molecule has 0 bridgehead atoms. The van der Waals surface area contributed by atoms with Crippen LogP contribution in [0.25, 0.3) is 0 Å². The van der Waals surface area contributed by atoms with E-state index in [-0.39, 0.29) is 30.7 Å². The van der Waals surface area contributed by atoms with E-state index >= 15 is 0 Å². The van der Waals surface area contributed by atoms with Gasteiger partial charge in [0.15, 0.2) is 0 Å². The molecule has 1 saturated heterocycles. The van der Waals surface area contributed by atoms with E-state index in [0.29, 0.717) is 43.5 Å². The SMILES string of the molecule is CC(C)CC(C(=O)NC(C=O)CC1CCNC1=O)N(Cc1ccccc1)C(=O)OC1(c2cccc(Cl)c2)CCCC1. The zero-order valence-electron chi connectivity index (χ0n) is 23.8. The van der Waals surface area contributed by atoms with E-state index in [1.807, 2.05) is 62.4 Å². The number of carbonyl (C=O) groups excluding carboxylic acids is 4. The summed E-state index contributed by atoms with van der Waals surface area (Å²) in [6.45, 7) is 4.69. The molecular weight excluding hydrogens is 542 g/mol. The highest BCUT2D eigenvalue weighted by Crippen LogP contribution is 2.43. The smallest absolute Gasteiger partial charge is 0.411 e. The summed E-state index contributed by atoms with van der Waals surface area (Å²) in [5, 5.41) is 6.17. The minimum absolute atomic E-state index is 0.0699. The van der Waals surface area contributed by atoms with Crippen molar-refractivity contribution in [3.05, 3.63) is 70.7 Å². The van der Waals surface area contributed by atoms with E-state index < -0.39 is 29.7 Å². The Morgan fingerprint density at radius 1 is 1.15 bits per heavy atom. The number of rotatable bonds is 12. The van der Waals surface area contributed by atoms with Gasteiger partial charge >= 0.3 is 6.09 Å². The molecule has 2 aromatic carbocycles. The minimum Gasteiger partial charge on any atom is -0.438 e.